The summed E-state index contributed by atoms with van der Waals surface area (Å²) < 4.78 is 18.3. The summed E-state index contributed by atoms with van der Waals surface area (Å²) in [4.78, 5) is 29.6. The quantitative estimate of drug-likeness (QED) is 0.107. The molecule has 0 amide bonds. The maximum atomic E-state index is 13.3. The number of aromatic carboxylic acids is 1. The standard InChI is InChI=1S/C37H45NO6/c1-3-5-7-8-9-13-21-42-29(17-6-4-2)18-14-22-43-34-25-38-24-31(37(40)41)35(34)28-19-20-30-33(23-28)44-26-32(36(30)39)27-15-11-10-12-16-27/h10-12,15-16,19-20,23-26,29H,3-9,13-14,17-18,21-22H2,1-2H3,(H,40,41). The van der Waals surface area contributed by atoms with Gasteiger partial charge in [-0.3, -0.25) is 9.78 Å². The molecule has 2 aromatic heterocycles. The van der Waals surface area contributed by atoms with Crippen LogP contribution in [0.1, 0.15) is 94.8 Å². The Morgan fingerprint density at radius 1 is 0.864 bits per heavy atom. The lowest BCUT2D eigenvalue weighted by atomic mass is 9.98. The lowest BCUT2D eigenvalue weighted by molar-refractivity contribution is 0.0341. The normalized spacial score (nSPS) is 12.0. The van der Waals surface area contributed by atoms with Crippen molar-refractivity contribution in [2.24, 2.45) is 0 Å². The van der Waals surface area contributed by atoms with Crippen LogP contribution in [0.25, 0.3) is 33.2 Å². The van der Waals surface area contributed by atoms with Gasteiger partial charge >= 0.3 is 5.97 Å². The number of ether oxygens (including phenoxy) is 2. The molecule has 4 aromatic rings. The van der Waals surface area contributed by atoms with Gasteiger partial charge < -0.3 is 19.0 Å². The molecule has 0 saturated heterocycles. The summed E-state index contributed by atoms with van der Waals surface area (Å²) in [7, 11) is 0. The molecule has 7 nitrogen and oxygen atoms in total. The van der Waals surface area contributed by atoms with Gasteiger partial charge in [0.05, 0.1) is 35.4 Å². The van der Waals surface area contributed by atoms with E-state index in [4.69, 9.17) is 13.9 Å². The van der Waals surface area contributed by atoms with Crippen LogP contribution < -0.4 is 10.2 Å². The number of hydrogen-bond acceptors (Lipinski definition) is 6. The number of rotatable bonds is 19. The van der Waals surface area contributed by atoms with Gasteiger partial charge in [-0.15, -0.1) is 0 Å². The SMILES string of the molecule is CCCCCCCCOC(CCCC)CCCOc1cncc(C(=O)O)c1-c1ccc2c(=O)c(-c3ccccc3)coc2c1. The number of nitrogens with zero attached hydrogens (tertiary/aromatic N) is 1. The molecule has 0 aliphatic rings. The molecule has 234 valence electrons. The maximum absolute atomic E-state index is 13.3. The zero-order chi connectivity index (χ0) is 31.1. The fourth-order valence-electron chi connectivity index (χ4n) is 5.48. The van der Waals surface area contributed by atoms with Gasteiger partial charge in [0.15, 0.2) is 5.43 Å². The van der Waals surface area contributed by atoms with Crippen LogP contribution in [0, 0.1) is 0 Å². The van der Waals surface area contributed by atoms with Crippen molar-refractivity contribution < 1.29 is 23.8 Å². The van der Waals surface area contributed by atoms with Gasteiger partial charge in [-0.2, -0.15) is 0 Å². The number of pyridine rings is 1. The van der Waals surface area contributed by atoms with Crippen molar-refractivity contribution in [3.8, 4) is 28.0 Å². The molecule has 0 saturated carbocycles. The highest BCUT2D eigenvalue weighted by atomic mass is 16.5. The van der Waals surface area contributed by atoms with E-state index in [1.165, 1.54) is 44.6 Å². The van der Waals surface area contributed by atoms with Crippen molar-refractivity contribution in [2.75, 3.05) is 13.2 Å². The number of carbonyl (C=O) groups is 1. The second kappa shape index (κ2) is 17.4. The molecule has 44 heavy (non-hydrogen) atoms. The summed E-state index contributed by atoms with van der Waals surface area (Å²) in [6, 6.07) is 14.5. The summed E-state index contributed by atoms with van der Waals surface area (Å²) in [5.41, 5.74) is 2.47. The predicted molar refractivity (Wildman–Crippen MR) is 175 cm³/mol. The van der Waals surface area contributed by atoms with Gasteiger partial charge in [-0.25, -0.2) is 4.79 Å². The molecule has 1 unspecified atom stereocenters. The topological polar surface area (TPSA) is 98.9 Å². The molecular weight excluding hydrogens is 554 g/mol. The van der Waals surface area contributed by atoms with Crippen LogP contribution >= 0.6 is 0 Å². The Balaban J connectivity index is 1.45. The summed E-state index contributed by atoms with van der Waals surface area (Å²) in [5, 5.41) is 10.4. The highest BCUT2D eigenvalue weighted by Crippen LogP contribution is 2.35. The molecule has 2 aromatic carbocycles. The molecule has 0 aliphatic heterocycles. The fraction of sp³-hybridized carbons (Fsp3) is 0.432. The molecular formula is C37H45NO6. The highest BCUT2D eigenvalue weighted by molar-refractivity contribution is 5.99. The average Bonchev–Trinajstić information content (AvgIpc) is 3.05. The van der Waals surface area contributed by atoms with Crippen LogP contribution in [-0.2, 0) is 4.74 Å². The maximum Gasteiger partial charge on any atom is 0.338 e. The number of unbranched alkanes of at least 4 members (excludes halogenated alkanes) is 6. The third-order valence-corrected chi connectivity index (χ3v) is 7.95. The van der Waals surface area contributed by atoms with E-state index in [1.54, 1.807) is 24.4 Å². The number of benzene rings is 2. The second-order valence-corrected chi connectivity index (χ2v) is 11.3. The Morgan fingerprint density at radius 2 is 1.61 bits per heavy atom. The summed E-state index contributed by atoms with van der Waals surface area (Å²) >= 11 is 0. The lowest BCUT2D eigenvalue weighted by Gasteiger charge is -2.19. The summed E-state index contributed by atoms with van der Waals surface area (Å²) in [6.45, 7) is 5.62. The first-order valence-corrected chi connectivity index (χ1v) is 16.1. The van der Waals surface area contributed by atoms with E-state index < -0.39 is 5.97 Å². The summed E-state index contributed by atoms with van der Waals surface area (Å²) in [6.07, 6.45) is 16.9. The summed E-state index contributed by atoms with van der Waals surface area (Å²) in [5.74, 6) is -0.729. The zero-order valence-corrected chi connectivity index (χ0v) is 26.1. The molecule has 1 N–H and O–H groups in total. The highest BCUT2D eigenvalue weighted by Gasteiger charge is 2.20. The first-order valence-electron chi connectivity index (χ1n) is 16.1. The fourth-order valence-corrected chi connectivity index (χ4v) is 5.48. The molecule has 0 spiro atoms. The van der Waals surface area contributed by atoms with Crippen molar-refractivity contribution in [1.29, 1.82) is 0 Å². The monoisotopic (exact) mass is 599 g/mol. The first kappa shape index (κ1) is 32.9. The van der Waals surface area contributed by atoms with E-state index in [0.717, 1.165) is 50.7 Å². The van der Waals surface area contributed by atoms with Crippen molar-refractivity contribution in [2.45, 2.75) is 90.6 Å². The average molecular weight is 600 g/mol. The number of carboxylic acids is 1. The lowest BCUT2D eigenvalue weighted by Crippen LogP contribution is -2.15. The second-order valence-electron chi connectivity index (χ2n) is 11.3. The largest absolute Gasteiger partial charge is 0.491 e. The van der Waals surface area contributed by atoms with Crippen LogP contribution in [0.3, 0.4) is 0 Å². The van der Waals surface area contributed by atoms with Crippen LogP contribution in [0.2, 0.25) is 0 Å². The first-order chi connectivity index (χ1) is 21.5. The van der Waals surface area contributed by atoms with E-state index in [2.05, 4.69) is 18.8 Å². The van der Waals surface area contributed by atoms with Crippen LogP contribution in [0.15, 0.2) is 76.4 Å². The van der Waals surface area contributed by atoms with Crippen molar-refractivity contribution in [1.82, 2.24) is 4.98 Å². The van der Waals surface area contributed by atoms with Crippen molar-refractivity contribution >= 4 is 16.9 Å². The minimum atomic E-state index is -1.11. The Hall–Kier alpha value is -3.97. The molecule has 0 radical (unpaired) electrons. The molecule has 2 heterocycles. The van der Waals surface area contributed by atoms with Gasteiger partial charge in [-0.05, 0) is 48.9 Å². The number of carboxylic acid groups (broad SMARTS) is 1. The van der Waals surface area contributed by atoms with E-state index >= 15 is 0 Å². The van der Waals surface area contributed by atoms with Gasteiger partial charge in [0.25, 0.3) is 0 Å². The minimum absolute atomic E-state index is 0.0215. The molecule has 4 rings (SSSR count). The van der Waals surface area contributed by atoms with Gasteiger partial charge in [0.2, 0.25) is 0 Å². The smallest absolute Gasteiger partial charge is 0.338 e. The van der Waals surface area contributed by atoms with Gasteiger partial charge in [0, 0.05) is 18.4 Å². The van der Waals surface area contributed by atoms with E-state index in [1.807, 2.05) is 30.3 Å². The van der Waals surface area contributed by atoms with Crippen LogP contribution in [-0.4, -0.2) is 35.4 Å². The Labute approximate surface area is 260 Å². The third kappa shape index (κ3) is 9.02. The molecule has 0 fully saturated rings. The molecule has 0 bridgehead atoms. The molecule has 0 aliphatic carbocycles. The number of fused-ring (bicyclic) bond motifs is 1. The molecule has 1 atom stereocenters. The van der Waals surface area contributed by atoms with E-state index in [0.29, 0.717) is 40.0 Å². The number of hydrogen-bond donors (Lipinski definition) is 1. The number of aromatic nitrogens is 1. The predicted octanol–water partition coefficient (Wildman–Crippen LogP) is 9.32. The van der Waals surface area contributed by atoms with Crippen LogP contribution in [0.4, 0.5) is 0 Å². The van der Waals surface area contributed by atoms with E-state index in [-0.39, 0.29) is 17.1 Å². The molecule has 7 heteroatoms. The Bertz CT molecular complexity index is 1530. The van der Waals surface area contributed by atoms with Gasteiger partial charge in [-0.1, -0.05) is 95.2 Å². The van der Waals surface area contributed by atoms with Crippen molar-refractivity contribution in [3.05, 3.63) is 83.0 Å². The zero-order valence-electron chi connectivity index (χ0n) is 26.1. The van der Waals surface area contributed by atoms with Gasteiger partial charge in [0.1, 0.15) is 17.6 Å². The third-order valence-electron chi connectivity index (χ3n) is 7.95. The Kier molecular flexibility index (Phi) is 13.0. The van der Waals surface area contributed by atoms with Crippen molar-refractivity contribution in [3.63, 3.8) is 0 Å². The van der Waals surface area contributed by atoms with Crippen LogP contribution in [0.5, 0.6) is 5.75 Å². The van der Waals surface area contributed by atoms with E-state index in [9.17, 15) is 14.7 Å². The Morgan fingerprint density at radius 3 is 2.39 bits per heavy atom. The minimum Gasteiger partial charge on any atom is -0.491 e.